The van der Waals surface area contributed by atoms with Crippen molar-refractivity contribution in [2.24, 2.45) is 0 Å². The maximum absolute atomic E-state index is 11.5. The number of hydrogen-bond donors (Lipinski definition) is 2. The van der Waals surface area contributed by atoms with E-state index >= 15 is 0 Å². The van der Waals surface area contributed by atoms with Crippen molar-refractivity contribution in [1.82, 2.24) is 5.32 Å². The van der Waals surface area contributed by atoms with Gasteiger partial charge in [-0.3, -0.25) is 10.1 Å². The third kappa shape index (κ3) is 4.74. The van der Waals surface area contributed by atoms with Gasteiger partial charge < -0.3 is 9.84 Å². The first-order valence-corrected chi connectivity index (χ1v) is 7.40. The Labute approximate surface area is 127 Å². The second-order valence-corrected chi connectivity index (χ2v) is 6.40. The molecular weight excluding hydrogens is 266 g/mol. The van der Waals surface area contributed by atoms with Crippen LogP contribution in [0.15, 0.2) is 18.2 Å². The summed E-state index contributed by atoms with van der Waals surface area (Å²) in [6, 6.07) is 6.16. The Kier molecular flexibility index (Phi) is 5.78. The number of aryl methyl sites for hydroxylation is 1. The summed E-state index contributed by atoms with van der Waals surface area (Å²) in [6.07, 6.45) is 0. The third-order valence-electron chi connectivity index (χ3n) is 3.47. The van der Waals surface area contributed by atoms with Crippen LogP contribution >= 0.6 is 0 Å². The molecule has 0 radical (unpaired) electrons. The lowest BCUT2D eigenvalue weighted by molar-refractivity contribution is -0.145. The minimum Gasteiger partial charge on any atom is -0.491 e. The first kappa shape index (κ1) is 17.5. The second-order valence-electron chi connectivity index (χ2n) is 6.40. The van der Waals surface area contributed by atoms with E-state index in [1.165, 1.54) is 5.56 Å². The van der Waals surface area contributed by atoms with Gasteiger partial charge in [0, 0.05) is 6.04 Å². The summed E-state index contributed by atoms with van der Waals surface area (Å²) in [7, 11) is 0. The largest absolute Gasteiger partial charge is 0.491 e. The van der Waals surface area contributed by atoms with Crippen LogP contribution in [0, 0.1) is 6.92 Å². The molecule has 1 aromatic rings. The number of rotatable bonds is 7. The van der Waals surface area contributed by atoms with E-state index in [0.29, 0.717) is 5.92 Å². The molecule has 0 aliphatic heterocycles. The molecule has 0 heterocycles. The number of carboxylic acid groups (broad SMARTS) is 1. The Morgan fingerprint density at radius 3 is 2.43 bits per heavy atom. The molecule has 0 fully saturated rings. The number of benzene rings is 1. The lowest BCUT2D eigenvalue weighted by Crippen LogP contribution is -2.56. The van der Waals surface area contributed by atoms with Crippen LogP contribution in [0.4, 0.5) is 0 Å². The highest BCUT2D eigenvalue weighted by atomic mass is 16.5. The summed E-state index contributed by atoms with van der Waals surface area (Å²) in [4.78, 5) is 11.5. The van der Waals surface area contributed by atoms with Crippen molar-refractivity contribution in [3.63, 3.8) is 0 Å². The second kappa shape index (κ2) is 6.94. The number of carboxylic acids is 1. The smallest absolute Gasteiger partial charge is 0.327 e. The molecule has 1 aromatic carbocycles. The summed E-state index contributed by atoms with van der Waals surface area (Å²) in [5.41, 5.74) is 1.09. The predicted octanol–water partition coefficient (Wildman–Crippen LogP) is 3.34. The van der Waals surface area contributed by atoms with Crippen LogP contribution in [0.3, 0.4) is 0 Å². The summed E-state index contributed by atoms with van der Waals surface area (Å²) in [6.45, 7) is 11.8. The van der Waals surface area contributed by atoms with Crippen molar-refractivity contribution in [3.05, 3.63) is 29.3 Å². The molecule has 118 valence electrons. The average Bonchev–Trinajstić information content (AvgIpc) is 2.36. The van der Waals surface area contributed by atoms with E-state index in [9.17, 15) is 9.90 Å². The number of aliphatic carboxylic acids is 1. The Hall–Kier alpha value is -1.55. The molecule has 0 bridgehead atoms. The normalized spacial score (nSPS) is 14.3. The summed E-state index contributed by atoms with van der Waals surface area (Å²) >= 11 is 0. The molecule has 0 aliphatic rings. The van der Waals surface area contributed by atoms with Crippen molar-refractivity contribution in [1.29, 1.82) is 0 Å². The van der Waals surface area contributed by atoms with Gasteiger partial charge in [0.2, 0.25) is 0 Å². The van der Waals surface area contributed by atoms with Crippen molar-refractivity contribution >= 4 is 5.97 Å². The van der Waals surface area contributed by atoms with Crippen LogP contribution in [0.5, 0.6) is 5.75 Å². The first-order chi connectivity index (χ1) is 9.65. The molecule has 1 rings (SSSR count). The number of nitrogens with one attached hydrogen (secondary N) is 1. The van der Waals surface area contributed by atoms with Crippen LogP contribution in [0.1, 0.15) is 51.7 Å². The molecular formula is C17H27NO3. The van der Waals surface area contributed by atoms with Crippen molar-refractivity contribution in [2.45, 2.75) is 59.0 Å². The predicted molar refractivity (Wildman–Crippen MR) is 85.1 cm³/mol. The fourth-order valence-electron chi connectivity index (χ4n) is 2.16. The Morgan fingerprint density at radius 1 is 1.33 bits per heavy atom. The average molecular weight is 293 g/mol. The van der Waals surface area contributed by atoms with Crippen LogP contribution in [-0.4, -0.2) is 29.3 Å². The third-order valence-corrected chi connectivity index (χ3v) is 3.47. The minimum absolute atomic E-state index is 0.0674. The van der Waals surface area contributed by atoms with Gasteiger partial charge >= 0.3 is 5.97 Å². The van der Waals surface area contributed by atoms with E-state index in [2.05, 4.69) is 25.2 Å². The number of carbonyl (C=O) groups is 1. The molecule has 0 amide bonds. The maximum atomic E-state index is 11.5. The molecule has 4 heteroatoms. The van der Waals surface area contributed by atoms with E-state index in [0.717, 1.165) is 11.3 Å². The van der Waals surface area contributed by atoms with E-state index in [1.807, 2.05) is 32.9 Å². The van der Waals surface area contributed by atoms with Gasteiger partial charge in [0.15, 0.2) is 0 Å². The zero-order chi connectivity index (χ0) is 16.2. The van der Waals surface area contributed by atoms with Gasteiger partial charge in [-0.2, -0.15) is 0 Å². The van der Waals surface area contributed by atoms with Crippen LogP contribution in [0.25, 0.3) is 0 Å². The van der Waals surface area contributed by atoms with Crippen LogP contribution in [-0.2, 0) is 4.79 Å². The zero-order valence-corrected chi connectivity index (χ0v) is 13.9. The van der Waals surface area contributed by atoms with Gasteiger partial charge in [-0.05, 0) is 50.8 Å². The molecule has 2 N–H and O–H groups in total. The van der Waals surface area contributed by atoms with Gasteiger partial charge in [0.25, 0.3) is 0 Å². The fourth-order valence-corrected chi connectivity index (χ4v) is 2.16. The van der Waals surface area contributed by atoms with E-state index < -0.39 is 11.5 Å². The standard InChI is InChI=1S/C17H27NO3/c1-11(2)14-8-7-13(5)15(9-14)21-10-17(6,16(19)20)18-12(3)4/h7-9,11-12,18H,10H2,1-6H3,(H,19,20). The lowest BCUT2D eigenvalue weighted by atomic mass is 10.0. The Balaban J connectivity index is 2.90. The lowest BCUT2D eigenvalue weighted by Gasteiger charge is -2.29. The molecule has 21 heavy (non-hydrogen) atoms. The van der Waals surface area contributed by atoms with Crippen molar-refractivity contribution in [2.75, 3.05) is 6.61 Å². The van der Waals surface area contributed by atoms with Gasteiger partial charge in [-0.1, -0.05) is 26.0 Å². The van der Waals surface area contributed by atoms with Crippen molar-refractivity contribution < 1.29 is 14.6 Å². The summed E-state index contributed by atoms with van der Waals surface area (Å²) in [5.74, 6) is 0.251. The van der Waals surface area contributed by atoms with Gasteiger partial charge in [0.1, 0.15) is 17.9 Å². The van der Waals surface area contributed by atoms with Gasteiger partial charge in [-0.15, -0.1) is 0 Å². The molecule has 0 spiro atoms. The number of hydrogen-bond acceptors (Lipinski definition) is 3. The molecule has 0 aromatic heterocycles. The quantitative estimate of drug-likeness (QED) is 0.809. The van der Waals surface area contributed by atoms with Crippen molar-refractivity contribution in [3.8, 4) is 5.75 Å². The van der Waals surface area contributed by atoms with Gasteiger partial charge in [0.05, 0.1) is 0 Å². The van der Waals surface area contributed by atoms with Crippen LogP contribution in [0.2, 0.25) is 0 Å². The van der Waals surface area contributed by atoms with Crippen LogP contribution < -0.4 is 10.1 Å². The number of ether oxygens (including phenoxy) is 1. The molecule has 0 saturated heterocycles. The highest BCUT2D eigenvalue weighted by molar-refractivity contribution is 5.78. The zero-order valence-electron chi connectivity index (χ0n) is 13.9. The minimum atomic E-state index is -1.10. The van der Waals surface area contributed by atoms with E-state index in [1.54, 1.807) is 6.92 Å². The molecule has 4 nitrogen and oxygen atoms in total. The topological polar surface area (TPSA) is 58.6 Å². The molecule has 1 unspecified atom stereocenters. The Bertz CT molecular complexity index is 497. The maximum Gasteiger partial charge on any atom is 0.327 e. The monoisotopic (exact) mass is 293 g/mol. The highest BCUT2D eigenvalue weighted by Crippen LogP contribution is 2.25. The Morgan fingerprint density at radius 2 is 1.95 bits per heavy atom. The highest BCUT2D eigenvalue weighted by Gasteiger charge is 2.34. The van der Waals surface area contributed by atoms with E-state index in [-0.39, 0.29) is 12.6 Å². The van der Waals surface area contributed by atoms with E-state index in [4.69, 9.17) is 4.74 Å². The summed E-state index contributed by atoms with van der Waals surface area (Å²) in [5, 5.41) is 12.5. The van der Waals surface area contributed by atoms with Gasteiger partial charge in [-0.25, -0.2) is 0 Å². The molecule has 1 atom stereocenters. The summed E-state index contributed by atoms with van der Waals surface area (Å²) < 4.78 is 5.81. The molecule has 0 aliphatic carbocycles. The first-order valence-electron chi connectivity index (χ1n) is 7.40. The fraction of sp³-hybridized carbons (Fsp3) is 0.588. The molecule has 0 saturated carbocycles. The SMILES string of the molecule is Cc1ccc(C(C)C)cc1OCC(C)(NC(C)C)C(=O)O.